The van der Waals surface area contributed by atoms with E-state index in [0.717, 1.165) is 28.8 Å². The zero-order chi connectivity index (χ0) is 23.9. The monoisotopic (exact) mass is 495 g/mol. The molecule has 2 aromatic heterocycles. The van der Waals surface area contributed by atoms with Crippen LogP contribution < -0.4 is 5.32 Å². The van der Waals surface area contributed by atoms with Crippen molar-refractivity contribution >= 4 is 43.3 Å². The molecule has 5 rings (SSSR count). The third-order valence-electron chi connectivity index (χ3n) is 5.91. The molecule has 34 heavy (non-hydrogen) atoms. The molecule has 1 unspecified atom stereocenters. The van der Waals surface area contributed by atoms with Gasteiger partial charge in [-0.25, -0.2) is 13.4 Å². The van der Waals surface area contributed by atoms with E-state index in [-0.39, 0.29) is 10.8 Å². The number of sulfonamides is 1. The number of amides is 1. The smallest absolute Gasteiger partial charge is 0.256 e. The van der Waals surface area contributed by atoms with Crippen LogP contribution in [-0.4, -0.2) is 46.5 Å². The van der Waals surface area contributed by atoms with Crippen molar-refractivity contribution < 1.29 is 13.2 Å². The van der Waals surface area contributed by atoms with Gasteiger partial charge >= 0.3 is 0 Å². The number of hydrogen-bond donors (Lipinski definition) is 1. The number of benzene rings is 2. The van der Waals surface area contributed by atoms with E-state index in [1.807, 2.05) is 31.2 Å². The molecule has 1 aliphatic rings. The van der Waals surface area contributed by atoms with E-state index in [2.05, 4.69) is 22.3 Å². The Balaban J connectivity index is 1.36. The van der Waals surface area contributed by atoms with Crippen molar-refractivity contribution in [3.8, 4) is 5.13 Å². The van der Waals surface area contributed by atoms with Crippen molar-refractivity contribution in [1.29, 1.82) is 0 Å². The van der Waals surface area contributed by atoms with E-state index in [0.29, 0.717) is 35.5 Å². The van der Waals surface area contributed by atoms with Crippen LogP contribution in [0.15, 0.2) is 59.5 Å². The van der Waals surface area contributed by atoms with E-state index in [1.165, 1.54) is 27.8 Å². The summed E-state index contributed by atoms with van der Waals surface area (Å²) in [6, 6.07) is 15.7. The van der Waals surface area contributed by atoms with Gasteiger partial charge in [-0.3, -0.25) is 4.79 Å². The van der Waals surface area contributed by atoms with Crippen LogP contribution in [0.2, 0.25) is 0 Å². The van der Waals surface area contributed by atoms with Crippen LogP contribution in [0.1, 0.15) is 35.8 Å². The minimum Gasteiger partial charge on any atom is -0.306 e. The quantitative estimate of drug-likeness (QED) is 0.441. The molecule has 0 spiro atoms. The largest absolute Gasteiger partial charge is 0.306 e. The molecular weight excluding hydrogens is 470 g/mol. The van der Waals surface area contributed by atoms with Crippen LogP contribution in [0.3, 0.4) is 0 Å². The number of fused-ring (bicyclic) bond motifs is 1. The number of anilines is 1. The second kappa shape index (κ2) is 8.94. The van der Waals surface area contributed by atoms with Gasteiger partial charge in [-0.05, 0) is 62.1 Å². The molecule has 10 heteroatoms. The minimum atomic E-state index is -3.57. The molecule has 1 atom stereocenters. The molecule has 0 aliphatic carbocycles. The molecule has 0 saturated carbocycles. The first-order valence-corrected chi connectivity index (χ1v) is 13.4. The Morgan fingerprint density at radius 3 is 2.65 bits per heavy atom. The predicted octanol–water partition coefficient (Wildman–Crippen LogP) is 4.46. The standard InChI is InChI=1S/C24H25N5O3S2/c1-16-6-5-13-28(15-16)34(31,32)19-11-9-18(10-12-19)23(30)26-22-14-17(2)27-29(22)24-25-20-7-3-4-8-21(20)33-24/h3-4,7-12,14,16H,5-6,13,15H2,1-2H3,(H,26,30). The number of para-hydroxylation sites is 1. The molecule has 1 amide bonds. The minimum absolute atomic E-state index is 0.202. The number of piperidine rings is 1. The first kappa shape index (κ1) is 22.7. The second-order valence-corrected chi connectivity index (χ2v) is 11.6. The first-order valence-electron chi connectivity index (χ1n) is 11.2. The highest BCUT2D eigenvalue weighted by atomic mass is 32.2. The number of carbonyl (C=O) groups is 1. The van der Waals surface area contributed by atoms with E-state index in [4.69, 9.17) is 0 Å². The Kier molecular flexibility index (Phi) is 5.97. The SMILES string of the molecule is Cc1cc(NC(=O)c2ccc(S(=O)(=O)N3CCCC(C)C3)cc2)n(-c2nc3ccccc3s2)n1. The number of nitrogens with one attached hydrogen (secondary N) is 1. The lowest BCUT2D eigenvalue weighted by Gasteiger charge is -2.30. The average Bonchev–Trinajstić information content (AvgIpc) is 3.42. The Hall–Kier alpha value is -3.08. The number of rotatable bonds is 5. The summed E-state index contributed by atoms with van der Waals surface area (Å²) in [5.74, 6) is 0.496. The van der Waals surface area contributed by atoms with Gasteiger partial charge in [0.2, 0.25) is 15.2 Å². The highest BCUT2D eigenvalue weighted by Gasteiger charge is 2.28. The summed E-state index contributed by atoms with van der Waals surface area (Å²) < 4.78 is 30.2. The van der Waals surface area contributed by atoms with Crippen LogP contribution in [0, 0.1) is 12.8 Å². The molecule has 1 N–H and O–H groups in total. The van der Waals surface area contributed by atoms with Gasteiger partial charge in [0.15, 0.2) is 0 Å². The molecule has 2 aromatic carbocycles. The number of thiazole rings is 1. The van der Waals surface area contributed by atoms with Gasteiger partial charge < -0.3 is 5.32 Å². The first-order chi connectivity index (χ1) is 16.3. The van der Waals surface area contributed by atoms with Crippen molar-refractivity contribution in [1.82, 2.24) is 19.1 Å². The molecule has 3 heterocycles. The normalized spacial score (nSPS) is 17.2. The summed E-state index contributed by atoms with van der Waals surface area (Å²) in [6.07, 6.45) is 1.90. The Morgan fingerprint density at radius 1 is 1.15 bits per heavy atom. The Labute approximate surface area is 202 Å². The van der Waals surface area contributed by atoms with Crippen molar-refractivity contribution in [2.45, 2.75) is 31.6 Å². The van der Waals surface area contributed by atoms with Crippen LogP contribution in [0.4, 0.5) is 5.82 Å². The highest BCUT2D eigenvalue weighted by Crippen LogP contribution is 2.28. The Morgan fingerprint density at radius 2 is 1.91 bits per heavy atom. The van der Waals surface area contributed by atoms with Crippen LogP contribution >= 0.6 is 11.3 Å². The molecule has 4 aromatic rings. The number of carbonyl (C=O) groups excluding carboxylic acids is 1. The van der Waals surface area contributed by atoms with E-state index in [9.17, 15) is 13.2 Å². The van der Waals surface area contributed by atoms with Gasteiger partial charge in [0, 0.05) is 24.7 Å². The molecule has 0 radical (unpaired) electrons. The van der Waals surface area contributed by atoms with Gasteiger partial charge in [-0.2, -0.15) is 14.1 Å². The maximum atomic E-state index is 13.0. The highest BCUT2D eigenvalue weighted by molar-refractivity contribution is 7.89. The van der Waals surface area contributed by atoms with Crippen LogP contribution in [0.5, 0.6) is 0 Å². The lowest BCUT2D eigenvalue weighted by molar-refractivity contribution is 0.102. The van der Waals surface area contributed by atoms with Crippen molar-refractivity contribution in [2.75, 3.05) is 18.4 Å². The maximum Gasteiger partial charge on any atom is 0.256 e. The lowest BCUT2D eigenvalue weighted by atomic mass is 10.0. The number of nitrogens with zero attached hydrogens (tertiary/aromatic N) is 4. The van der Waals surface area contributed by atoms with Crippen molar-refractivity contribution in [3.63, 3.8) is 0 Å². The summed E-state index contributed by atoms with van der Waals surface area (Å²) in [7, 11) is -3.57. The third-order valence-corrected chi connectivity index (χ3v) is 8.80. The number of aryl methyl sites for hydroxylation is 1. The summed E-state index contributed by atoms with van der Waals surface area (Å²) in [5.41, 5.74) is 1.97. The molecule has 1 aliphatic heterocycles. The lowest BCUT2D eigenvalue weighted by Crippen LogP contribution is -2.39. The van der Waals surface area contributed by atoms with Gasteiger partial charge in [-0.1, -0.05) is 30.4 Å². The fourth-order valence-electron chi connectivity index (χ4n) is 4.17. The van der Waals surface area contributed by atoms with E-state index >= 15 is 0 Å². The number of aromatic nitrogens is 3. The van der Waals surface area contributed by atoms with Crippen molar-refractivity contribution in [3.05, 3.63) is 65.9 Å². The third kappa shape index (κ3) is 4.36. The second-order valence-electron chi connectivity index (χ2n) is 8.64. The Bertz CT molecular complexity index is 1420. The molecular formula is C24H25N5O3S2. The summed E-state index contributed by atoms with van der Waals surface area (Å²) in [4.78, 5) is 17.8. The topological polar surface area (TPSA) is 97.2 Å². The fraction of sp³-hybridized carbons (Fsp3) is 0.292. The van der Waals surface area contributed by atoms with Gasteiger partial charge in [0.25, 0.3) is 5.91 Å². The molecule has 0 bridgehead atoms. The van der Waals surface area contributed by atoms with Crippen molar-refractivity contribution in [2.24, 2.45) is 5.92 Å². The zero-order valence-electron chi connectivity index (χ0n) is 18.9. The summed E-state index contributed by atoms with van der Waals surface area (Å²) in [5, 5.41) is 8.03. The zero-order valence-corrected chi connectivity index (χ0v) is 20.6. The van der Waals surface area contributed by atoms with Gasteiger partial charge in [-0.15, -0.1) is 0 Å². The molecule has 1 fully saturated rings. The molecule has 176 valence electrons. The van der Waals surface area contributed by atoms with E-state index in [1.54, 1.807) is 22.9 Å². The summed E-state index contributed by atoms with van der Waals surface area (Å²) >= 11 is 1.49. The molecule has 1 saturated heterocycles. The maximum absolute atomic E-state index is 13.0. The summed E-state index contributed by atoms with van der Waals surface area (Å²) in [6.45, 7) is 4.97. The van der Waals surface area contributed by atoms with Gasteiger partial charge in [0.1, 0.15) is 5.82 Å². The molecule has 8 nitrogen and oxygen atoms in total. The predicted molar refractivity (Wildman–Crippen MR) is 133 cm³/mol. The van der Waals surface area contributed by atoms with Gasteiger partial charge in [0.05, 0.1) is 20.8 Å². The fourth-order valence-corrected chi connectivity index (χ4v) is 6.69. The van der Waals surface area contributed by atoms with E-state index < -0.39 is 10.0 Å². The number of hydrogen-bond acceptors (Lipinski definition) is 6. The average molecular weight is 496 g/mol. The van der Waals surface area contributed by atoms with Crippen LogP contribution in [-0.2, 0) is 10.0 Å². The van der Waals surface area contributed by atoms with Crippen LogP contribution in [0.25, 0.3) is 15.3 Å².